The van der Waals surface area contributed by atoms with Crippen LogP contribution in [0.15, 0.2) is 58.6 Å². The summed E-state index contributed by atoms with van der Waals surface area (Å²) in [6.07, 6.45) is 3.45. The molecule has 5 rings (SSSR count). The van der Waals surface area contributed by atoms with Gasteiger partial charge in [-0.3, -0.25) is 4.99 Å². The van der Waals surface area contributed by atoms with Crippen LogP contribution in [-0.2, 0) is 0 Å². The Morgan fingerprint density at radius 2 is 1.96 bits per heavy atom. The fraction of sp³-hybridized carbons (Fsp3) is 0.100. The van der Waals surface area contributed by atoms with Gasteiger partial charge in [-0.25, -0.2) is 18.9 Å². The van der Waals surface area contributed by atoms with E-state index in [1.807, 2.05) is 41.9 Å². The topological polar surface area (TPSA) is 54.9 Å². The van der Waals surface area contributed by atoms with Crippen LogP contribution in [0.4, 0.5) is 4.39 Å². The molecule has 0 aliphatic carbocycles. The summed E-state index contributed by atoms with van der Waals surface area (Å²) in [6.45, 7) is 2.44. The summed E-state index contributed by atoms with van der Waals surface area (Å²) in [5.74, 6) is -0.299. The molecule has 0 bridgehead atoms. The minimum absolute atomic E-state index is 0.299. The standard InChI is InChI=1S/C20H14FN5S/c1-12-17(16-8-4-5-9-26(16)25-12)20-24-18(13-6-2-3-7-14(13)21)19(27-20)15-10-22-11-23-15/h2-9,11H,10H2,1H3. The van der Waals surface area contributed by atoms with Gasteiger partial charge in [0.2, 0.25) is 0 Å². The molecule has 27 heavy (non-hydrogen) atoms. The molecule has 0 saturated carbocycles. The Bertz CT molecular complexity index is 1230. The second-order valence-corrected chi connectivity index (χ2v) is 7.20. The average Bonchev–Trinajstić information content (AvgIpc) is 3.39. The normalized spacial score (nSPS) is 13.5. The van der Waals surface area contributed by atoms with Crippen molar-refractivity contribution in [2.45, 2.75) is 6.92 Å². The van der Waals surface area contributed by atoms with E-state index in [1.165, 1.54) is 17.4 Å². The molecule has 0 unspecified atom stereocenters. The third-order valence-electron chi connectivity index (χ3n) is 4.48. The number of rotatable bonds is 3. The van der Waals surface area contributed by atoms with Gasteiger partial charge < -0.3 is 0 Å². The van der Waals surface area contributed by atoms with E-state index in [0.717, 1.165) is 32.4 Å². The Morgan fingerprint density at radius 3 is 2.78 bits per heavy atom. The van der Waals surface area contributed by atoms with Gasteiger partial charge in [0.25, 0.3) is 0 Å². The first-order valence-electron chi connectivity index (χ1n) is 8.48. The predicted octanol–water partition coefficient (Wildman–Crippen LogP) is 4.40. The number of halogens is 1. The van der Waals surface area contributed by atoms with Crippen molar-refractivity contribution in [1.29, 1.82) is 0 Å². The van der Waals surface area contributed by atoms with Gasteiger partial charge in [0, 0.05) is 11.8 Å². The molecule has 0 N–H and O–H groups in total. The molecule has 132 valence electrons. The number of aromatic nitrogens is 3. The number of benzene rings is 1. The Morgan fingerprint density at radius 1 is 1.11 bits per heavy atom. The van der Waals surface area contributed by atoms with Crippen LogP contribution in [0.3, 0.4) is 0 Å². The lowest BCUT2D eigenvalue weighted by molar-refractivity contribution is 0.631. The van der Waals surface area contributed by atoms with Gasteiger partial charge in [0.05, 0.1) is 39.6 Å². The lowest BCUT2D eigenvalue weighted by Crippen LogP contribution is -2.01. The lowest BCUT2D eigenvalue weighted by atomic mass is 10.1. The quantitative estimate of drug-likeness (QED) is 0.533. The summed E-state index contributed by atoms with van der Waals surface area (Å²) in [6, 6.07) is 12.6. The zero-order valence-corrected chi connectivity index (χ0v) is 15.2. The maximum atomic E-state index is 14.5. The van der Waals surface area contributed by atoms with Crippen molar-refractivity contribution in [3.05, 3.63) is 65.0 Å². The molecule has 0 amide bonds. The average molecular weight is 375 g/mol. The van der Waals surface area contributed by atoms with E-state index < -0.39 is 0 Å². The van der Waals surface area contributed by atoms with E-state index in [-0.39, 0.29) is 5.82 Å². The number of aliphatic imine (C=N–C) groups is 2. The fourth-order valence-electron chi connectivity index (χ4n) is 3.25. The summed E-state index contributed by atoms with van der Waals surface area (Å²) in [7, 11) is 0. The number of pyridine rings is 1. The summed E-state index contributed by atoms with van der Waals surface area (Å²) in [4.78, 5) is 14.2. The van der Waals surface area contributed by atoms with Crippen LogP contribution >= 0.6 is 11.3 Å². The van der Waals surface area contributed by atoms with Crippen molar-refractivity contribution >= 4 is 28.9 Å². The van der Waals surface area contributed by atoms with Crippen LogP contribution in [0.5, 0.6) is 0 Å². The summed E-state index contributed by atoms with van der Waals surface area (Å²) < 4.78 is 16.3. The minimum Gasteiger partial charge on any atom is -0.267 e. The Kier molecular flexibility index (Phi) is 3.68. The van der Waals surface area contributed by atoms with Gasteiger partial charge in [-0.15, -0.1) is 11.3 Å². The molecule has 3 aromatic heterocycles. The second-order valence-electron chi connectivity index (χ2n) is 6.20. The molecule has 4 aromatic rings. The summed E-state index contributed by atoms with van der Waals surface area (Å²) in [5.41, 5.74) is 4.70. The molecule has 4 heterocycles. The molecule has 0 saturated heterocycles. The van der Waals surface area contributed by atoms with Gasteiger partial charge in [-0.2, -0.15) is 5.10 Å². The molecular weight excluding hydrogens is 361 g/mol. The molecule has 0 fully saturated rings. The Hall–Kier alpha value is -3.19. The SMILES string of the molecule is Cc1nn2ccccc2c1-c1nc(-c2ccccc2F)c(C2=NC=NC2)s1. The van der Waals surface area contributed by atoms with Crippen molar-refractivity contribution in [2.75, 3.05) is 6.54 Å². The van der Waals surface area contributed by atoms with Crippen LogP contribution in [0, 0.1) is 12.7 Å². The Labute approximate surface area is 158 Å². The second kappa shape index (κ2) is 6.21. The van der Waals surface area contributed by atoms with Crippen molar-refractivity contribution < 1.29 is 4.39 Å². The summed E-state index contributed by atoms with van der Waals surface area (Å²) >= 11 is 1.51. The third-order valence-corrected chi connectivity index (χ3v) is 5.61. The number of hydrogen-bond acceptors (Lipinski definition) is 5. The molecule has 5 nitrogen and oxygen atoms in total. The fourth-order valence-corrected chi connectivity index (χ4v) is 4.42. The molecular formula is C20H14FN5S. The van der Waals surface area contributed by atoms with Gasteiger partial charge in [-0.1, -0.05) is 18.2 Å². The van der Waals surface area contributed by atoms with Crippen molar-refractivity contribution in [2.24, 2.45) is 9.98 Å². The first-order valence-corrected chi connectivity index (χ1v) is 9.29. The molecule has 0 radical (unpaired) electrons. The Balaban J connectivity index is 1.76. The van der Waals surface area contributed by atoms with Crippen molar-refractivity contribution in [3.63, 3.8) is 0 Å². The highest BCUT2D eigenvalue weighted by Crippen LogP contribution is 2.38. The van der Waals surface area contributed by atoms with Gasteiger partial charge in [0.1, 0.15) is 17.2 Å². The highest BCUT2D eigenvalue weighted by molar-refractivity contribution is 7.17. The number of fused-ring (bicyclic) bond motifs is 1. The van der Waals surface area contributed by atoms with E-state index in [2.05, 4.69) is 15.1 Å². The highest BCUT2D eigenvalue weighted by Gasteiger charge is 2.24. The maximum absolute atomic E-state index is 14.5. The lowest BCUT2D eigenvalue weighted by Gasteiger charge is -2.02. The molecule has 1 aliphatic heterocycles. The maximum Gasteiger partial charge on any atom is 0.132 e. The van der Waals surface area contributed by atoms with Gasteiger partial charge in [-0.05, 0) is 31.2 Å². The predicted molar refractivity (Wildman–Crippen MR) is 106 cm³/mol. The molecule has 0 atom stereocenters. The van der Waals surface area contributed by atoms with Crippen LogP contribution < -0.4 is 0 Å². The third kappa shape index (κ3) is 2.59. The van der Waals surface area contributed by atoms with Gasteiger partial charge in [0.15, 0.2) is 0 Å². The summed E-state index contributed by atoms with van der Waals surface area (Å²) in [5, 5.41) is 5.37. The first-order chi connectivity index (χ1) is 13.2. The van der Waals surface area contributed by atoms with Crippen molar-refractivity contribution in [3.8, 4) is 21.8 Å². The highest BCUT2D eigenvalue weighted by atomic mass is 32.1. The first kappa shape index (κ1) is 16.0. The van der Waals surface area contributed by atoms with Crippen LogP contribution in [0.2, 0.25) is 0 Å². The monoisotopic (exact) mass is 375 g/mol. The van der Waals surface area contributed by atoms with Crippen LogP contribution in [-0.4, -0.2) is 33.2 Å². The number of hydrogen-bond donors (Lipinski definition) is 0. The molecule has 1 aromatic carbocycles. The zero-order chi connectivity index (χ0) is 18.4. The van der Waals surface area contributed by atoms with E-state index in [9.17, 15) is 4.39 Å². The van der Waals surface area contributed by atoms with Crippen LogP contribution in [0.25, 0.3) is 27.3 Å². The molecule has 0 spiro atoms. The van der Waals surface area contributed by atoms with Crippen LogP contribution in [0.1, 0.15) is 10.6 Å². The smallest absolute Gasteiger partial charge is 0.132 e. The van der Waals surface area contributed by atoms with E-state index in [4.69, 9.17) is 4.98 Å². The zero-order valence-electron chi connectivity index (χ0n) is 14.4. The largest absolute Gasteiger partial charge is 0.267 e. The van der Waals surface area contributed by atoms with Gasteiger partial charge >= 0.3 is 0 Å². The van der Waals surface area contributed by atoms with Crippen molar-refractivity contribution in [1.82, 2.24) is 14.6 Å². The number of aryl methyl sites for hydroxylation is 1. The number of nitrogens with zero attached hydrogens (tertiary/aromatic N) is 5. The van der Waals surface area contributed by atoms with E-state index in [0.29, 0.717) is 17.8 Å². The molecule has 1 aliphatic rings. The molecule has 7 heteroatoms. The van der Waals surface area contributed by atoms with E-state index >= 15 is 0 Å². The minimum atomic E-state index is -0.299. The van der Waals surface area contributed by atoms with E-state index in [1.54, 1.807) is 18.5 Å². The number of thiazole rings is 1.